The van der Waals surface area contributed by atoms with Gasteiger partial charge in [0.1, 0.15) is 0 Å². The van der Waals surface area contributed by atoms with Crippen LogP contribution >= 0.6 is 0 Å². The molecule has 0 aromatic rings. The summed E-state index contributed by atoms with van der Waals surface area (Å²) < 4.78 is 0. The van der Waals surface area contributed by atoms with Crippen LogP contribution in [0, 0.1) is 17.2 Å². The highest BCUT2D eigenvalue weighted by atomic mass is 16.2. The largest absolute Gasteiger partial charge is 0.387 e. The van der Waals surface area contributed by atoms with Crippen molar-refractivity contribution in [2.24, 2.45) is 17.6 Å². The van der Waals surface area contributed by atoms with E-state index in [4.69, 9.17) is 11.1 Å². The zero-order valence-electron chi connectivity index (χ0n) is 8.33. The van der Waals surface area contributed by atoms with Crippen molar-refractivity contribution in [1.29, 1.82) is 5.41 Å². The van der Waals surface area contributed by atoms with Crippen molar-refractivity contribution in [3.05, 3.63) is 0 Å². The fourth-order valence-corrected chi connectivity index (χ4v) is 2.02. The van der Waals surface area contributed by atoms with Gasteiger partial charge in [-0.3, -0.25) is 10.2 Å². The Bertz CT molecular complexity index is 260. The Morgan fingerprint density at radius 2 is 2.00 bits per heavy atom. The molecular weight excluding hydrogens is 178 g/mol. The predicted octanol–water partition coefficient (Wildman–Crippen LogP) is 0.571. The van der Waals surface area contributed by atoms with E-state index >= 15 is 0 Å². The van der Waals surface area contributed by atoms with Gasteiger partial charge in [0.25, 0.3) is 0 Å². The minimum atomic E-state index is 0.103. The molecule has 0 radical (unpaired) electrons. The molecule has 2 rings (SSSR count). The van der Waals surface area contributed by atoms with Crippen molar-refractivity contribution < 1.29 is 4.79 Å². The lowest BCUT2D eigenvalue weighted by Gasteiger charge is -2.32. The Hall–Kier alpha value is -1.06. The van der Waals surface area contributed by atoms with Crippen molar-refractivity contribution >= 4 is 11.7 Å². The number of hydrogen-bond donors (Lipinski definition) is 2. The molecular formula is C10H17N3O. The smallest absolute Gasteiger partial charge is 0.225 e. The van der Waals surface area contributed by atoms with Gasteiger partial charge in [0, 0.05) is 24.9 Å². The predicted molar refractivity (Wildman–Crippen MR) is 53.9 cm³/mol. The van der Waals surface area contributed by atoms with E-state index in [0.29, 0.717) is 12.5 Å². The zero-order chi connectivity index (χ0) is 10.1. The molecule has 14 heavy (non-hydrogen) atoms. The third kappa shape index (κ3) is 1.89. The normalized spacial score (nSPS) is 27.4. The number of carbonyl (C=O) groups is 1. The Balaban J connectivity index is 1.92. The molecule has 4 nitrogen and oxygen atoms in total. The fraction of sp³-hybridized carbons (Fsp3) is 0.800. The van der Waals surface area contributed by atoms with E-state index < -0.39 is 0 Å². The molecule has 1 aliphatic carbocycles. The maximum atomic E-state index is 11.7. The highest BCUT2D eigenvalue weighted by molar-refractivity contribution is 5.83. The van der Waals surface area contributed by atoms with Crippen molar-refractivity contribution in [3.63, 3.8) is 0 Å². The molecule has 1 amide bonds. The standard InChI is InChI=1S/C10H17N3O/c11-9(12)8-2-1-5-13(6-8)10(14)7-3-4-7/h7-8H,1-6H2,(H3,11,12)/t8-/m0/s1. The summed E-state index contributed by atoms with van der Waals surface area (Å²) in [5.41, 5.74) is 5.47. The first-order valence-corrected chi connectivity index (χ1v) is 5.31. The highest BCUT2D eigenvalue weighted by Crippen LogP contribution is 2.32. The van der Waals surface area contributed by atoms with Gasteiger partial charge in [-0.25, -0.2) is 0 Å². The first-order valence-electron chi connectivity index (χ1n) is 5.31. The van der Waals surface area contributed by atoms with Gasteiger partial charge in [-0.15, -0.1) is 0 Å². The van der Waals surface area contributed by atoms with Crippen LogP contribution in [0.5, 0.6) is 0 Å². The van der Waals surface area contributed by atoms with Crippen LogP contribution in [0.25, 0.3) is 0 Å². The van der Waals surface area contributed by atoms with Gasteiger partial charge in [-0.05, 0) is 25.7 Å². The average Bonchev–Trinajstić information content (AvgIpc) is 3.00. The summed E-state index contributed by atoms with van der Waals surface area (Å²) in [5, 5.41) is 7.38. The Labute approximate surface area is 84.0 Å². The fourth-order valence-electron chi connectivity index (χ4n) is 2.02. The lowest BCUT2D eigenvalue weighted by atomic mass is 9.97. The van der Waals surface area contributed by atoms with Crippen molar-refractivity contribution in [2.45, 2.75) is 25.7 Å². The molecule has 1 saturated heterocycles. The van der Waals surface area contributed by atoms with E-state index in [1.54, 1.807) is 0 Å². The topological polar surface area (TPSA) is 70.2 Å². The van der Waals surface area contributed by atoms with Gasteiger partial charge in [0.2, 0.25) is 5.91 Å². The number of piperidine rings is 1. The van der Waals surface area contributed by atoms with Crippen molar-refractivity contribution in [3.8, 4) is 0 Å². The molecule has 0 aromatic carbocycles. The van der Waals surface area contributed by atoms with Crippen LogP contribution in [0.4, 0.5) is 0 Å². The summed E-state index contributed by atoms with van der Waals surface area (Å²) in [5.74, 6) is 0.918. The SMILES string of the molecule is N=C(N)[C@H]1CCCN(C(=O)C2CC2)C1. The van der Waals surface area contributed by atoms with E-state index in [9.17, 15) is 4.79 Å². The molecule has 78 valence electrons. The molecule has 2 fully saturated rings. The highest BCUT2D eigenvalue weighted by Gasteiger charge is 2.35. The number of amides is 1. The molecule has 3 N–H and O–H groups in total. The molecule has 1 saturated carbocycles. The van der Waals surface area contributed by atoms with E-state index in [1.807, 2.05) is 4.90 Å². The Morgan fingerprint density at radius 1 is 1.29 bits per heavy atom. The lowest BCUT2D eigenvalue weighted by molar-refractivity contribution is -0.133. The molecule has 4 heteroatoms. The summed E-state index contributed by atoms with van der Waals surface area (Å²) in [7, 11) is 0. The second-order valence-corrected chi connectivity index (χ2v) is 4.35. The Kier molecular flexibility index (Phi) is 2.44. The number of nitrogens with two attached hydrogens (primary N) is 1. The molecule has 1 atom stereocenters. The van der Waals surface area contributed by atoms with Crippen LogP contribution in [-0.4, -0.2) is 29.7 Å². The second-order valence-electron chi connectivity index (χ2n) is 4.35. The van der Waals surface area contributed by atoms with Gasteiger partial charge in [0.15, 0.2) is 0 Å². The number of nitrogens with one attached hydrogen (secondary N) is 1. The third-order valence-corrected chi connectivity index (χ3v) is 3.10. The summed E-state index contributed by atoms with van der Waals surface area (Å²) >= 11 is 0. The quantitative estimate of drug-likeness (QED) is 0.499. The molecule has 0 aromatic heterocycles. The van der Waals surface area contributed by atoms with Crippen LogP contribution in [0.3, 0.4) is 0 Å². The van der Waals surface area contributed by atoms with Crippen LogP contribution in [0.15, 0.2) is 0 Å². The molecule has 1 heterocycles. The van der Waals surface area contributed by atoms with E-state index in [1.165, 1.54) is 0 Å². The first kappa shape index (κ1) is 9.49. The van der Waals surface area contributed by atoms with Gasteiger partial charge >= 0.3 is 0 Å². The second kappa shape index (κ2) is 3.59. The minimum absolute atomic E-state index is 0.103. The van der Waals surface area contributed by atoms with Crippen LogP contribution < -0.4 is 5.73 Å². The van der Waals surface area contributed by atoms with Crippen LogP contribution in [0.1, 0.15) is 25.7 Å². The molecule has 0 unspecified atom stereocenters. The average molecular weight is 195 g/mol. The lowest BCUT2D eigenvalue weighted by Crippen LogP contribution is -2.44. The number of amidine groups is 1. The maximum Gasteiger partial charge on any atom is 0.225 e. The molecule has 0 bridgehead atoms. The van der Waals surface area contributed by atoms with Gasteiger partial charge in [-0.1, -0.05) is 0 Å². The van der Waals surface area contributed by atoms with E-state index in [2.05, 4.69) is 0 Å². The van der Waals surface area contributed by atoms with Crippen molar-refractivity contribution in [2.75, 3.05) is 13.1 Å². The van der Waals surface area contributed by atoms with Gasteiger partial charge in [-0.2, -0.15) is 0 Å². The van der Waals surface area contributed by atoms with Gasteiger partial charge < -0.3 is 10.6 Å². The van der Waals surface area contributed by atoms with E-state index in [-0.39, 0.29) is 17.7 Å². The summed E-state index contributed by atoms with van der Waals surface area (Å²) in [6, 6.07) is 0. The molecule has 0 spiro atoms. The van der Waals surface area contributed by atoms with Crippen molar-refractivity contribution in [1.82, 2.24) is 4.90 Å². The summed E-state index contributed by atoms with van der Waals surface area (Å²) in [6.07, 6.45) is 4.06. The zero-order valence-corrected chi connectivity index (χ0v) is 8.33. The maximum absolute atomic E-state index is 11.7. The van der Waals surface area contributed by atoms with Gasteiger partial charge in [0.05, 0.1) is 5.84 Å². The summed E-state index contributed by atoms with van der Waals surface area (Å²) in [4.78, 5) is 13.6. The first-order chi connectivity index (χ1) is 6.68. The van der Waals surface area contributed by atoms with E-state index in [0.717, 1.165) is 32.2 Å². The number of nitrogens with zero attached hydrogens (tertiary/aromatic N) is 1. The number of rotatable bonds is 2. The monoisotopic (exact) mass is 195 g/mol. The Morgan fingerprint density at radius 3 is 2.57 bits per heavy atom. The number of carbonyl (C=O) groups excluding carboxylic acids is 1. The van der Waals surface area contributed by atoms with Crippen LogP contribution in [0.2, 0.25) is 0 Å². The minimum Gasteiger partial charge on any atom is -0.387 e. The number of hydrogen-bond acceptors (Lipinski definition) is 2. The van der Waals surface area contributed by atoms with Crippen LogP contribution in [-0.2, 0) is 4.79 Å². The molecule has 2 aliphatic rings. The third-order valence-electron chi connectivity index (χ3n) is 3.10. The summed E-state index contributed by atoms with van der Waals surface area (Å²) in [6.45, 7) is 1.53. The molecule has 1 aliphatic heterocycles. The number of likely N-dealkylation sites (tertiary alicyclic amines) is 1.